The molecule has 0 aliphatic carbocycles. The summed E-state index contributed by atoms with van der Waals surface area (Å²) in [5, 5.41) is -0.924. The lowest BCUT2D eigenvalue weighted by atomic mass is 10.0. The van der Waals surface area contributed by atoms with Crippen LogP contribution in [0.25, 0.3) is 0 Å². The number of rotatable bonds is 5. The Morgan fingerprint density at radius 1 is 1.10 bits per heavy atom. The monoisotopic (exact) mass is 308 g/mol. The number of carbonyl (C=O) groups excluding carboxylic acids is 1. The van der Waals surface area contributed by atoms with E-state index in [2.05, 4.69) is 0 Å². The van der Waals surface area contributed by atoms with Gasteiger partial charge in [0.25, 0.3) is 0 Å². The van der Waals surface area contributed by atoms with E-state index in [1.165, 1.54) is 38.5 Å². The van der Waals surface area contributed by atoms with Crippen LogP contribution in [0.15, 0.2) is 42.5 Å². The third-order valence-corrected chi connectivity index (χ3v) is 3.51. The van der Waals surface area contributed by atoms with Gasteiger partial charge in [-0.2, -0.15) is 0 Å². The van der Waals surface area contributed by atoms with E-state index in [9.17, 15) is 9.18 Å². The number of methoxy groups -OCH3 is 2. The van der Waals surface area contributed by atoms with E-state index in [1.54, 1.807) is 18.2 Å². The third kappa shape index (κ3) is 3.16. The standard InChI is InChI=1S/C16H14ClFO3/c1-20-13-5-3-4-12(16(13)21-2)15(19)14(17)10-6-8-11(18)9-7-10/h3-9,14H,1-2H3. The van der Waals surface area contributed by atoms with Gasteiger partial charge in [0, 0.05) is 0 Å². The first-order chi connectivity index (χ1) is 10.1. The van der Waals surface area contributed by atoms with Crippen LogP contribution in [0.3, 0.4) is 0 Å². The first-order valence-electron chi connectivity index (χ1n) is 6.23. The Balaban J connectivity index is 2.37. The second-order valence-corrected chi connectivity index (χ2v) is 4.76. The highest BCUT2D eigenvalue weighted by molar-refractivity contribution is 6.34. The fourth-order valence-electron chi connectivity index (χ4n) is 2.00. The second-order valence-electron chi connectivity index (χ2n) is 4.32. The van der Waals surface area contributed by atoms with Crippen molar-refractivity contribution < 1.29 is 18.7 Å². The summed E-state index contributed by atoms with van der Waals surface area (Å²) in [5.41, 5.74) is 0.842. The van der Waals surface area contributed by atoms with E-state index < -0.39 is 5.38 Å². The number of benzene rings is 2. The van der Waals surface area contributed by atoms with Crippen LogP contribution < -0.4 is 9.47 Å². The number of halogens is 2. The fourth-order valence-corrected chi connectivity index (χ4v) is 2.26. The highest BCUT2D eigenvalue weighted by atomic mass is 35.5. The molecule has 0 fully saturated rings. The molecule has 21 heavy (non-hydrogen) atoms. The van der Waals surface area contributed by atoms with E-state index in [1.807, 2.05) is 0 Å². The summed E-state index contributed by atoms with van der Waals surface area (Å²) in [6.07, 6.45) is 0. The summed E-state index contributed by atoms with van der Waals surface area (Å²) in [6.45, 7) is 0. The Bertz CT molecular complexity index is 640. The molecule has 0 spiro atoms. The zero-order valence-electron chi connectivity index (χ0n) is 11.6. The Morgan fingerprint density at radius 3 is 2.33 bits per heavy atom. The first-order valence-corrected chi connectivity index (χ1v) is 6.67. The smallest absolute Gasteiger partial charge is 0.189 e. The molecule has 1 unspecified atom stereocenters. The SMILES string of the molecule is COc1cccc(C(=O)C(Cl)c2ccc(F)cc2)c1OC. The van der Waals surface area contributed by atoms with E-state index in [0.29, 0.717) is 22.6 Å². The largest absolute Gasteiger partial charge is 0.493 e. The Labute approximate surface area is 127 Å². The van der Waals surface area contributed by atoms with Crippen LogP contribution in [0.2, 0.25) is 0 Å². The van der Waals surface area contributed by atoms with E-state index in [0.717, 1.165) is 0 Å². The summed E-state index contributed by atoms with van der Waals surface area (Å²) in [6, 6.07) is 10.5. The lowest BCUT2D eigenvalue weighted by Gasteiger charge is -2.14. The quantitative estimate of drug-likeness (QED) is 0.618. The van der Waals surface area contributed by atoms with Crippen LogP contribution in [0.4, 0.5) is 4.39 Å². The van der Waals surface area contributed by atoms with Crippen molar-refractivity contribution in [2.45, 2.75) is 5.38 Å². The number of Topliss-reactive ketones (excluding diaryl/α,β-unsaturated/α-hetero) is 1. The lowest BCUT2D eigenvalue weighted by molar-refractivity contribution is 0.0983. The number of hydrogen-bond donors (Lipinski definition) is 0. The molecule has 5 heteroatoms. The van der Waals surface area contributed by atoms with Crippen molar-refractivity contribution in [3.05, 3.63) is 59.4 Å². The Kier molecular flexibility index (Phi) is 4.81. The molecule has 3 nitrogen and oxygen atoms in total. The number of hydrogen-bond acceptors (Lipinski definition) is 3. The highest BCUT2D eigenvalue weighted by Crippen LogP contribution is 2.35. The van der Waals surface area contributed by atoms with Gasteiger partial charge in [0.05, 0.1) is 19.8 Å². The third-order valence-electron chi connectivity index (χ3n) is 3.06. The van der Waals surface area contributed by atoms with Gasteiger partial charge in [-0.25, -0.2) is 4.39 Å². The molecule has 0 radical (unpaired) electrons. The van der Waals surface area contributed by atoms with Gasteiger partial charge in [-0.05, 0) is 29.8 Å². The van der Waals surface area contributed by atoms with Crippen LogP contribution in [-0.4, -0.2) is 20.0 Å². The molecule has 2 rings (SSSR count). The highest BCUT2D eigenvalue weighted by Gasteiger charge is 2.24. The summed E-state index contributed by atoms with van der Waals surface area (Å²) >= 11 is 6.20. The summed E-state index contributed by atoms with van der Waals surface area (Å²) in [4.78, 5) is 12.5. The average Bonchev–Trinajstić information content (AvgIpc) is 2.53. The van der Waals surface area contributed by atoms with Crippen LogP contribution in [0, 0.1) is 5.82 Å². The van der Waals surface area contributed by atoms with Crippen LogP contribution in [0.5, 0.6) is 11.5 Å². The molecule has 2 aromatic carbocycles. The van der Waals surface area contributed by atoms with E-state index >= 15 is 0 Å². The maximum Gasteiger partial charge on any atom is 0.189 e. The van der Waals surface area contributed by atoms with Crippen molar-refractivity contribution in [3.8, 4) is 11.5 Å². The number of ketones is 1. The maximum atomic E-state index is 12.9. The average molecular weight is 309 g/mol. The van der Waals surface area contributed by atoms with Crippen molar-refractivity contribution in [2.24, 2.45) is 0 Å². The summed E-state index contributed by atoms with van der Waals surface area (Å²) in [7, 11) is 2.94. The predicted molar refractivity (Wildman–Crippen MR) is 78.9 cm³/mol. The van der Waals surface area contributed by atoms with Gasteiger partial charge in [-0.1, -0.05) is 18.2 Å². The molecule has 0 saturated carbocycles. The van der Waals surface area contributed by atoms with E-state index in [-0.39, 0.29) is 11.6 Å². The fraction of sp³-hybridized carbons (Fsp3) is 0.188. The zero-order chi connectivity index (χ0) is 15.4. The molecular formula is C16H14ClFO3. The van der Waals surface area contributed by atoms with Crippen LogP contribution in [-0.2, 0) is 0 Å². The van der Waals surface area contributed by atoms with Gasteiger partial charge in [-0.3, -0.25) is 4.79 Å². The van der Waals surface area contributed by atoms with Gasteiger partial charge in [0.1, 0.15) is 11.2 Å². The molecule has 0 aliphatic heterocycles. The minimum atomic E-state index is -0.924. The van der Waals surface area contributed by atoms with Crippen LogP contribution in [0.1, 0.15) is 21.3 Å². The van der Waals surface area contributed by atoms with Crippen LogP contribution >= 0.6 is 11.6 Å². The molecule has 0 aromatic heterocycles. The Morgan fingerprint density at radius 2 is 1.76 bits per heavy atom. The van der Waals surface area contributed by atoms with Gasteiger partial charge in [-0.15, -0.1) is 11.6 Å². The number of carbonyl (C=O) groups is 1. The first kappa shape index (κ1) is 15.3. The molecule has 0 saturated heterocycles. The summed E-state index contributed by atoms with van der Waals surface area (Å²) in [5.74, 6) is 0.0668. The lowest BCUT2D eigenvalue weighted by Crippen LogP contribution is -2.10. The Hall–Kier alpha value is -2.07. The molecule has 0 N–H and O–H groups in total. The zero-order valence-corrected chi connectivity index (χ0v) is 12.4. The molecule has 0 amide bonds. The summed E-state index contributed by atoms with van der Waals surface area (Å²) < 4.78 is 23.3. The second kappa shape index (κ2) is 6.59. The molecule has 1 atom stereocenters. The minimum absolute atomic E-state index is 0.321. The van der Waals surface area contributed by atoms with Crippen molar-refractivity contribution in [1.29, 1.82) is 0 Å². The normalized spacial score (nSPS) is 11.8. The number of ether oxygens (including phenoxy) is 2. The molecule has 2 aromatic rings. The van der Waals surface area contributed by atoms with Gasteiger partial charge in [0.15, 0.2) is 17.3 Å². The van der Waals surface area contributed by atoms with Gasteiger partial charge < -0.3 is 9.47 Å². The number of alkyl halides is 1. The molecule has 0 aliphatic rings. The molecule has 110 valence electrons. The topological polar surface area (TPSA) is 35.5 Å². The van der Waals surface area contributed by atoms with Crippen molar-refractivity contribution in [3.63, 3.8) is 0 Å². The minimum Gasteiger partial charge on any atom is -0.493 e. The van der Waals surface area contributed by atoms with Gasteiger partial charge >= 0.3 is 0 Å². The van der Waals surface area contributed by atoms with Gasteiger partial charge in [0.2, 0.25) is 0 Å². The molecule has 0 heterocycles. The predicted octanol–water partition coefficient (Wildman–Crippen LogP) is 4.01. The molecule has 0 bridgehead atoms. The number of para-hydroxylation sites is 1. The van der Waals surface area contributed by atoms with Crippen molar-refractivity contribution >= 4 is 17.4 Å². The van der Waals surface area contributed by atoms with Crippen molar-refractivity contribution in [1.82, 2.24) is 0 Å². The molecular weight excluding hydrogens is 295 g/mol. The van der Waals surface area contributed by atoms with E-state index in [4.69, 9.17) is 21.1 Å². The maximum absolute atomic E-state index is 12.9. The van der Waals surface area contributed by atoms with Crippen molar-refractivity contribution in [2.75, 3.05) is 14.2 Å².